The maximum atomic E-state index is 10.1. The van der Waals surface area contributed by atoms with E-state index in [1.54, 1.807) is 10.9 Å². The molecule has 8 heteroatoms. The minimum atomic E-state index is -1.11. The number of hydrogen-bond donors (Lipinski definition) is 3. The van der Waals surface area contributed by atoms with Crippen molar-refractivity contribution in [3.05, 3.63) is 43.0 Å². The zero-order valence-corrected chi connectivity index (χ0v) is 13.3. The lowest BCUT2D eigenvalue weighted by Gasteiger charge is -2.15. The molecule has 2 aromatic heterocycles. The number of benzene rings is 1. The van der Waals surface area contributed by atoms with Gasteiger partial charge in [0.15, 0.2) is 5.65 Å². The lowest BCUT2D eigenvalue weighted by Crippen LogP contribution is -2.35. The Balaban J connectivity index is 1.66. The third-order valence-electron chi connectivity index (χ3n) is 4.47. The highest BCUT2D eigenvalue weighted by Crippen LogP contribution is 2.26. The van der Waals surface area contributed by atoms with E-state index >= 15 is 0 Å². The maximum absolute atomic E-state index is 10.1. The number of aliphatic hydroxyl groups is 3. The molecule has 0 spiro atoms. The van der Waals surface area contributed by atoms with Crippen molar-refractivity contribution in [1.29, 1.82) is 0 Å². The van der Waals surface area contributed by atoms with Crippen LogP contribution in [0, 0.1) is 0 Å². The fourth-order valence-corrected chi connectivity index (χ4v) is 3.14. The highest BCUT2D eigenvalue weighted by atomic mass is 16.6. The molecule has 4 atom stereocenters. The number of hydrogen-bond acceptors (Lipinski definition) is 7. The molecule has 1 fully saturated rings. The molecule has 0 saturated carbocycles. The molecule has 1 aliphatic heterocycles. The Hall–Kier alpha value is -2.39. The van der Waals surface area contributed by atoms with Crippen molar-refractivity contribution < 1.29 is 20.1 Å². The predicted molar refractivity (Wildman–Crippen MR) is 88.5 cm³/mol. The number of rotatable bonds is 4. The standard InChI is InChI=1S/C17H18N4O4/c22-7-12-16(24)15(23)11(25-12)6-21-9-20-14-13(18-8-19-17(14)21)10-4-2-1-3-5-10/h1-5,8-9,11-12,15-16,22-24H,6-7H2. The minimum absolute atomic E-state index is 0.260. The largest absolute Gasteiger partial charge is 0.394 e. The first-order valence-corrected chi connectivity index (χ1v) is 8.02. The number of aliphatic hydroxyl groups excluding tert-OH is 3. The Morgan fingerprint density at radius 1 is 1.00 bits per heavy atom. The number of imidazole rings is 1. The number of nitrogens with zero attached hydrogens (tertiary/aromatic N) is 4. The van der Waals surface area contributed by atoms with Crippen molar-refractivity contribution in [2.24, 2.45) is 0 Å². The van der Waals surface area contributed by atoms with Crippen molar-refractivity contribution in [1.82, 2.24) is 19.5 Å². The average molecular weight is 342 g/mol. The zero-order valence-electron chi connectivity index (χ0n) is 13.3. The smallest absolute Gasteiger partial charge is 0.163 e. The van der Waals surface area contributed by atoms with E-state index in [-0.39, 0.29) is 13.2 Å². The van der Waals surface area contributed by atoms with Gasteiger partial charge in [0.1, 0.15) is 42.0 Å². The summed E-state index contributed by atoms with van der Waals surface area (Å²) in [7, 11) is 0. The first-order chi connectivity index (χ1) is 12.2. The fraction of sp³-hybridized carbons (Fsp3) is 0.353. The summed E-state index contributed by atoms with van der Waals surface area (Å²) in [6.07, 6.45) is -0.547. The minimum Gasteiger partial charge on any atom is -0.394 e. The van der Waals surface area contributed by atoms with Gasteiger partial charge in [-0.15, -0.1) is 0 Å². The third kappa shape index (κ3) is 2.79. The monoisotopic (exact) mass is 342 g/mol. The van der Waals surface area contributed by atoms with Gasteiger partial charge in [-0.25, -0.2) is 15.0 Å². The second-order valence-electron chi connectivity index (χ2n) is 6.03. The van der Waals surface area contributed by atoms with Gasteiger partial charge >= 0.3 is 0 Å². The lowest BCUT2D eigenvalue weighted by atomic mass is 10.1. The van der Waals surface area contributed by atoms with E-state index in [0.29, 0.717) is 11.2 Å². The molecule has 1 aliphatic rings. The van der Waals surface area contributed by atoms with Crippen LogP contribution in [0.1, 0.15) is 0 Å². The van der Waals surface area contributed by atoms with Gasteiger partial charge in [-0.05, 0) is 0 Å². The summed E-state index contributed by atoms with van der Waals surface area (Å²) in [4.78, 5) is 13.0. The van der Waals surface area contributed by atoms with Crippen LogP contribution in [0.3, 0.4) is 0 Å². The van der Waals surface area contributed by atoms with Crippen molar-refractivity contribution in [2.45, 2.75) is 31.0 Å². The highest BCUT2D eigenvalue weighted by Gasteiger charge is 2.42. The van der Waals surface area contributed by atoms with Crippen molar-refractivity contribution in [3.8, 4) is 11.3 Å². The molecule has 0 bridgehead atoms. The van der Waals surface area contributed by atoms with E-state index < -0.39 is 24.4 Å². The van der Waals surface area contributed by atoms with Crippen molar-refractivity contribution in [3.63, 3.8) is 0 Å². The molecule has 0 amide bonds. The van der Waals surface area contributed by atoms with Gasteiger partial charge in [-0.2, -0.15) is 0 Å². The summed E-state index contributed by atoms with van der Waals surface area (Å²) in [5, 5.41) is 29.2. The van der Waals surface area contributed by atoms with Gasteiger partial charge in [-0.3, -0.25) is 0 Å². The molecule has 3 aromatic rings. The van der Waals surface area contributed by atoms with Crippen LogP contribution in [0.4, 0.5) is 0 Å². The van der Waals surface area contributed by atoms with Gasteiger partial charge in [0.2, 0.25) is 0 Å². The molecule has 4 rings (SSSR count). The number of ether oxygens (including phenoxy) is 1. The van der Waals surface area contributed by atoms with Crippen LogP contribution in [0.5, 0.6) is 0 Å². The summed E-state index contributed by atoms with van der Waals surface area (Å²) in [5.74, 6) is 0. The highest BCUT2D eigenvalue weighted by molar-refractivity contribution is 5.86. The van der Waals surface area contributed by atoms with Gasteiger partial charge < -0.3 is 24.6 Å². The average Bonchev–Trinajstić information content (AvgIpc) is 3.18. The quantitative estimate of drug-likeness (QED) is 0.610. The fourth-order valence-electron chi connectivity index (χ4n) is 3.14. The molecule has 130 valence electrons. The van der Waals surface area contributed by atoms with Crippen LogP contribution in [0.25, 0.3) is 22.4 Å². The molecule has 0 radical (unpaired) electrons. The Morgan fingerprint density at radius 3 is 2.48 bits per heavy atom. The zero-order chi connectivity index (χ0) is 17.4. The normalized spacial score (nSPS) is 26.4. The summed E-state index contributed by atoms with van der Waals surface area (Å²) in [5.41, 5.74) is 2.94. The predicted octanol–water partition coefficient (Wildman–Crippen LogP) is -0.0252. The van der Waals surface area contributed by atoms with Crippen molar-refractivity contribution >= 4 is 11.2 Å². The maximum Gasteiger partial charge on any atom is 0.163 e. The summed E-state index contributed by atoms with van der Waals surface area (Å²) in [6.45, 7) is -0.0871. The Labute approximate surface area is 143 Å². The summed E-state index contributed by atoms with van der Waals surface area (Å²) < 4.78 is 7.28. The SMILES string of the molecule is OCC1OC(Cn2cnc3c(-c4ccccc4)ncnc32)C(O)C1O. The van der Waals surface area contributed by atoms with E-state index in [1.807, 2.05) is 30.3 Å². The molecule has 1 aromatic carbocycles. The molecule has 4 unspecified atom stereocenters. The van der Waals surface area contributed by atoms with Gasteiger partial charge in [0.05, 0.1) is 19.5 Å². The molecule has 0 aliphatic carbocycles. The van der Waals surface area contributed by atoms with Crippen LogP contribution in [0.15, 0.2) is 43.0 Å². The first-order valence-electron chi connectivity index (χ1n) is 8.02. The van der Waals surface area contributed by atoms with Crippen LogP contribution >= 0.6 is 0 Å². The second kappa shape index (κ2) is 6.49. The van der Waals surface area contributed by atoms with Gasteiger partial charge in [0.25, 0.3) is 0 Å². The van der Waals surface area contributed by atoms with Crippen LogP contribution in [0.2, 0.25) is 0 Å². The van der Waals surface area contributed by atoms with E-state index in [0.717, 1.165) is 11.3 Å². The Morgan fingerprint density at radius 2 is 1.76 bits per heavy atom. The van der Waals surface area contributed by atoms with E-state index in [9.17, 15) is 15.3 Å². The number of aromatic nitrogens is 4. The molecule has 8 nitrogen and oxygen atoms in total. The van der Waals surface area contributed by atoms with Crippen LogP contribution in [-0.4, -0.2) is 65.9 Å². The Kier molecular flexibility index (Phi) is 4.18. The summed E-state index contributed by atoms with van der Waals surface area (Å²) in [6, 6.07) is 9.70. The third-order valence-corrected chi connectivity index (χ3v) is 4.47. The molecule has 25 heavy (non-hydrogen) atoms. The summed E-state index contributed by atoms with van der Waals surface area (Å²) >= 11 is 0. The molecule has 3 heterocycles. The van der Waals surface area contributed by atoms with Crippen molar-refractivity contribution in [2.75, 3.05) is 6.61 Å². The number of fused-ring (bicyclic) bond motifs is 1. The van der Waals surface area contributed by atoms with Gasteiger partial charge in [-0.1, -0.05) is 30.3 Å². The lowest BCUT2D eigenvalue weighted by molar-refractivity contribution is -0.0262. The van der Waals surface area contributed by atoms with Crippen LogP contribution < -0.4 is 0 Å². The topological polar surface area (TPSA) is 114 Å². The van der Waals surface area contributed by atoms with Crippen LogP contribution in [-0.2, 0) is 11.3 Å². The van der Waals surface area contributed by atoms with E-state index in [2.05, 4.69) is 15.0 Å². The van der Waals surface area contributed by atoms with Gasteiger partial charge in [0, 0.05) is 5.56 Å². The first kappa shape index (κ1) is 16.1. The Bertz CT molecular complexity index is 869. The molecular formula is C17H18N4O4. The molecule has 1 saturated heterocycles. The molecular weight excluding hydrogens is 324 g/mol. The second-order valence-corrected chi connectivity index (χ2v) is 6.03. The molecule has 3 N–H and O–H groups in total. The van der Waals surface area contributed by atoms with E-state index in [4.69, 9.17) is 4.74 Å². The van der Waals surface area contributed by atoms with E-state index in [1.165, 1.54) is 6.33 Å².